The fourth-order valence-electron chi connectivity index (χ4n) is 3.63. The van der Waals surface area contributed by atoms with E-state index in [1.165, 1.54) is 17.6 Å². The molecular weight excluding hydrogens is 462 g/mol. The number of hydrogen-bond acceptors (Lipinski definition) is 6. The second kappa shape index (κ2) is 9.90. The number of hydrogen-bond donors (Lipinski definition) is 0. The highest BCUT2D eigenvalue weighted by Gasteiger charge is 2.31. The predicted octanol–water partition coefficient (Wildman–Crippen LogP) is 2.83. The highest BCUT2D eigenvalue weighted by molar-refractivity contribution is 7.89. The van der Waals surface area contributed by atoms with Gasteiger partial charge in [0.1, 0.15) is 5.76 Å². The summed E-state index contributed by atoms with van der Waals surface area (Å²) in [6.45, 7) is 3.05. The fraction of sp³-hybridized carbons (Fsp3) is 0.304. The number of rotatable bonds is 7. The molecule has 0 radical (unpaired) electrons. The van der Waals surface area contributed by atoms with Crippen LogP contribution in [0.1, 0.15) is 21.0 Å². The van der Waals surface area contributed by atoms with Crippen LogP contribution in [0.25, 0.3) is 0 Å². The molecule has 3 aromatic rings. The number of piperazine rings is 1. The zero-order valence-corrected chi connectivity index (χ0v) is 19.8. The van der Waals surface area contributed by atoms with E-state index in [4.69, 9.17) is 4.42 Å². The average Bonchev–Trinajstić information content (AvgIpc) is 3.53. The molecule has 0 spiro atoms. The Morgan fingerprint density at radius 3 is 2.30 bits per heavy atom. The molecule has 0 atom stereocenters. The molecule has 174 valence electrons. The van der Waals surface area contributed by atoms with Crippen LogP contribution in [0.4, 0.5) is 0 Å². The largest absolute Gasteiger partial charge is 0.468 e. The summed E-state index contributed by atoms with van der Waals surface area (Å²) in [5.74, 6) is 0.101. The first kappa shape index (κ1) is 23.2. The Morgan fingerprint density at radius 2 is 1.70 bits per heavy atom. The van der Waals surface area contributed by atoms with Gasteiger partial charge in [-0.25, -0.2) is 8.42 Å². The molecule has 1 aliphatic rings. The Bertz CT molecular complexity index is 1180. The van der Waals surface area contributed by atoms with E-state index in [9.17, 15) is 18.0 Å². The van der Waals surface area contributed by atoms with Crippen LogP contribution in [0.2, 0.25) is 0 Å². The lowest BCUT2D eigenvalue weighted by molar-refractivity contribution is -0.133. The number of furan rings is 1. The quantitative estimate of drug-likeness (QED) is 0.511. The SMILES string of the molecule is Cc1ccc(S(=O)(=O)N(CC(=O)N2CCN(C(=O)c3cccs3)CC2)Cc2ccco2)cc1. The molecule has 8 nitrogen and oxygen atoms in total. The zero-order valence-electron chi connectivity index (χ0n) is 18.2. The summed E-state index contributed by atoms with van der Waals surface area (Å²) < 4.78 is 33.1. The highest BCUT2D eigenvalue weighted by Crippen LogP contribution is 2.20. The maximum absolute atomic E-state index is 13.3. The Kier molecular flexibility index (Phi) is 6.96. The summed E-state index contributed by atoms with van der Waals surface area (Å²) >= 11 is 1.39. The van der Waals surface area contributed by atoms with E-state index < -0.39 is 10.0 Å². The molecule has 0 saturated carbocycles. The summed E-state index contributed by atoms with van der Waals surface area (Å²) in [6.07, 6.45) is 1.47. The minimum absolute atomic E-state index is 0.0431. The van der Waals surface area contributed by atoms with Gasteiger partial charge in [0, 0.05) is 26.2 Å². The third-order valence-electron chi connectivity index (χ3n) is 5.53. The molecule has 4 rings (SSSR count). The fourth-order valence-corrected chi connectivity index (χ4v) is 5.67. The Morgan fingerprint density at radius 1 is 1.00 bits per heavy atom. The third-order valence-corrected chi connectivity index (χ3v) is 8.20. The van der Waals surface area contributed by atoms with Crippen molar-refractivity contribution in [3.63, 3.8) is 0 Å². The zero-order chi connectivity index (χ0) is 23.4. The van der Waals surface area contributed by atoms with Gasteiger partial charge in [-0.3, -0.25) is 9.59 Å². The van der Waals surface area contributed by atoms with Crippen molar-refractivity contribution in [2.24, 2.45) is 0 Å². The molecule has 0 unspecified atom stereocenters. The van der Waals surface area contributed by atoms with Gasteiger partial charge in [0.25, 0.3) is 5.91 Å². The molecule has 10 heteroatoms. The summed E-state index contributed by atoms with van der Waals surface area (Å²) in [4.78, 5) is 29.7. The van der Waals surface area contributed by atoms with Gasteiger partial charge in [-0.05, 0) is 42.6 Å². The first-order valence-corrected chi connectivity index (χ1v) is 12.9. The van der Waals surface area contributed by atoms with Gasteiger partial charge in [-0.1, -0.05) is 23.8 Å². The number of amides is 2. The van der Waals surface area contributed by atoms with E-state index in [0.717, 1.165) is 9.87 Å². The van der Waals surface area contributed by atoms with Crippen LogP contribution in [0.3, 0.4) is 0 Å². The standard InChI is InChI=1S/C23H25N3O5S2/c1-18-6-8-20(9-7-18)33(29,30)26(16-19-4-2-14-31-19)17-22(27)24-10-12-25(13-11-24)23(28)21-5-3-15-32-21/h2-9,14-15H,10-13,16-17H2,1H3. The third kappa shape index (κ3) is 5.35. The van der Waals surface area contributed by atoms with Crippen LogP contribution in [0, 0.1) is 6.92 Å². The molecular formula is C23H25N3O5S2. The lowest BCUT2D eigenvalue weighted by Crippen LogP contribution is -2.52. The Balaban J connectivity index is 1.45. The van der Waals surface area contributed by atoms with Gasteiger partial charge in [0.2, 0.25) is 15.9 Å². The molecule has 2 amide bonds. The summed E-state index contributed by atoms with van der Waals surface area (Å²) in [7, 11) is -3.92. The summed E-state index contributed by atoms with van der Waals surface area (Å²) in [6, 6.07) is 13.5. The highest BCUT2D eigenvalue weighted by atomic mass is 32.2. The Hall–Kier alpha value is -2.95. The maximum atomic E-state index is 13.3. The van der Waals surface area contributed by atoms with Gasteiger partial charge in [-0.2, -0.15) is 4.31 Å². The number of thiophene rings is 1. The van der Waals surface area contributed by atoms with Crippen LogP contribution in [-0.4, -0.2) is 67.1 Å². The number of aryl methyl sites for hydroxylation is 1. The molecule has 2 aromatic heterocycles. The lowest BCUT2D eigenvalue weighted by Gasteiger charge is -2.35. The van der Waals surface area contributed by atoms with E-state index in [-0.39, 0.29) is 29.8 Å². The average molecular weight is 488 g/mol. The summed E-state index contributed by atoms with van der Waals surface area (Å²) in [5, 5.41) is 1.86. The van der Waals surface area contributed by atoms with E-state index in [2.05, 4.69) is 0 Å². The second-order valence-corrected chi connectivity index (χ2v) is 10.7. The normalized spacial score (nSPS) is 14.6. The molecule has 3 heterocycles. The lowest BCUT2D eigenvalue weighted by atomic mass is 10.2. The van der Waals surface area contributed by atoms with Gasteiger partial charge < -0.3 is 14.2 Å². The smallest absolute Gasteiger partial charge is 0.264 e. The van der Waals surface area contributed by atoms with Crippen molar-refractivity contribution in [3.05, 3.63) is 76.4 Å². The van der Waals surface area contributed by atoms with Gasteiger partial charge in [0.05, 0.1) is 29.1 Å². The number of carbonyl (C=O) groups excluding carboxylic acids is 2. The van der Waals surface area contributed by atoms with Crippen LogP contribution in [-0.2, 0) is 21.4 Å². The van der Waals surface area contributed by atoms with Crippen LogP contribution in [0.5, 0.6) is 0 Å². The number of nitrogens with zero attached hydrogens (tertiary/aromatic N) is 3. The van der Waals surface area contributed by atoms with Crippen molar-refractivity contribution in [2.75, 3.05) is 32.7 Å². The van der Waals surface area contributed by atoms with Gasteiger partial charge in [0.15, 0.2) is 0 Å². The van der Waals surface area contributed by atoms with Crippen molar-refractivity contribution >= 4 is 33.2 Å². The van der Waals surface area contributed by atoms with E-state index >= 15 is 0 Å². The maximum Gasteiger partial charge on any atom is 0.264 e. The van der Waals surface area contributed by atoms with Crippen LogP contribution >= 0.6 is 11.3 Å². The topological polar surface area (TPSA) is 91.1 Å². The molecule has 1 aromatic carbocycles. The van der Waals surface area contributed by atoms with Crippen LogP contribution < -0.4 is 0 Å². The molecule has 0 bridgehead atoms. The minimum atomic E-state index is -3.92. The first-order valence-electron chi connectivity index (χ1n) is 10.5. The minimum Gasteiger partial charge on any atom is -0.468 e. The second-order valence-electron chi connectivity index (χ2n) is 7.82. The van der Waals surface area contributed by atoms with Crippen molar-refractivity contribution in [1.82, 2.24) is 14.1 Å². The molecule has 33 heavy (non-hydrogen) atoms. The Labute approximate surface area is 197 Å². The summed E-state index contributed by atoms with van der Waals surface area (Å²) in [5.41, 5.74) is 0.942. The first-order chi connectivity index (χ1) is 15.8. The molecule has 1 aliphatic heterocycles. The van der Waals surface area contributed by atoms with E-state index in [1.807, 2.05) is 18.4 Å². The number of benzene rings is 1. The van der Waals surface area contributed by atoms with Crippen molar-refractivity contribution in [2.45, 2.75) is 18.4 Å². The predicted molar refractivity (Wildman–Crippen MR) is 124 cm³/mol. The van der Waals surface area contributed by atoms with Gasteiger partial charge >= 0.3 is 0 Å². The van der Waals surface area contributed by atoms with Crippen molar-refractivity contribution in [1.29, 1.82) is 0 Å². The number of carbonyl (C=O) groups is 2. The van der Waals surface area contributed by atoms with Gasteiger partial charge in [-0.15, -0.1) is 11.3 Å². The monoisotopic (exact) mass is 487 g/mol. The van der Waals surface area contributed by atoms with E-state index in [0.29, 0.717) is 36.8 Å². The molecule has 1 saturated heterocycles. The van der Waals surface area contributed by atoms with Crippen molar-refractivity contribution in [3.8, 4) is 0 Å². The van der Waals surface area contributed by atoms with E-state index in [1.54, 1.807) is 52.3 Å². The van der Waals surface area contributed by atoms with Crippen molar-refractivity contribution < 1.29 is 22.4 Å². The number of sulfonamides is 1. The molecule has 0 aliphatic carbocycles. The van der Waals surface area contributed by atoms with Crippen LogP contribution in [0.15, 0.2) is 69.5 Å². The molecule has 0 N–H and O–H groups in total. The molecule has 1 fully saturated rings.